The molecule has 0 amide bonds. The Bertz CT molecular complexity index is 429. The predicted octanol–water partition coefficient (Wildman–Crippen LogP) is 3.47. The van der Waals surface area contributed by atoms with Crippen molar-refractivity contribution in [1.29, 1.82) is 0 Å². The zero-order valence-corrected chi connectivity index (χ0v) is 13.0. The van der Waals surface area contributed by atoms with Crippen LogP contribution in [0.1, 0.15) is 39.2 Å². The lowest BCUT2D eigenvalue weighted by Gasteiger charge is -2.27. The molecule has 0 saturated heterocycles. The van der Waals surface area contributed by atoms with Gasteiger partial charge in [-0.25, -0.2) is 4.98 Å². The molecule has 1 unspecified atom stereocenters. The van der Waals surface area contributed by atoms with Crippen molar-refractivity contribution in [2.75, 3.05) is 11.9 Å². The highest BCUT2D eigenvalue weighted by molar-refractivity contribution is 6.33. The molecule has 0 radical (unpaired) electrons. The molecule has 1 aliphatic carbocycles. The van der Waals surface area contributed by atoms with E-state index in [0.717, 1.165) is 28.9 Å². The van der Waals surface area contributed by atoms with Crippen LogP contribution in [0, 0.1) is 5.92 Å². The summed E-state index contributed by atoms with van der Waals surface area (Å²) < 4.78 is 0. The summed E-state index contributed by atoms with van der Waals surface area (Å²) in [6.45, 7) is 7.33. The first-order valence-corrected chi connectivity index (χ1v) is 7.47. The van der Waals surface area contributed by atoms with Gasteiger partial charge in [0.05, 0.1) is 5.02 Å². The molecule has 1 aromatic rings. The van der Waals surface area contributed by atoms with Crippen LogP contribution in [0.15, 0.2) is 12.3 Å². The van der Waals surface area contributed by atoms with E-state index < -0.39 is 0 Å². The number of halogens is 1. The molecule has 4 heteroatoms. The molecule has 0 spiro atoms. The van der Waals surface area contributed by atoms with Gasteiger partial charge in [0, 0.05) is 31.9 Å². The van der Waals surface area contributed by atoms with Crippen molar-refractivity contribution in [2.24, 2.45) is 5.92 Å². The van der Waals surface area contributed by atoms with E-state index in [9.17, 15) is 0 Å². The lowest BCUT2D eigenvalue weighted by atomic mass is 10.2. The van der Waals surface area contributed by atoms with Crippen molar-refractivity contribution in [3.8, 4) is 0 Å². The van der Waals surface area contributed by atoms with E-state index in [0.29, 0.717) is 12.1 Å². The summed E-state index contributed by atoms with van der Waals surface area (Å²) in [6, 6.07) is 3.01. The van der Waals surface area contributed by atoms with Gasteiger partial charge in [-0.1, -0.05) is 25.4 Å². The molecule has 19 heavy (non-hydrogen) atoms. The van der Waals surface area contributed by atoms with E-state index >= 15 is 0 Å². The van der Waals surface area contributed by atoms with E-state index in [4.69, 9.17) is 11.6 Å². The number of nitrogens with one attached hydrogen (secondary N) is 1. The van der Waals surface area contributed by atoms with E-state index in [1.54, 1.807) is 0 Å². The van der Waals surface area contributed by atoms with Crippen molar-refractivity contribution < 1.29 is 0 Å². The van der Waals surface area contributed by atoms with Gasteiger partial charge in [0.1, 0.15) is 5.82 Å². The normalized spacial score (nSPS) is 16.7. The highest BCUT2D eigenvalue weighted by atomic mass is 35.5. The third kappa shape index (κ3) is 3.83. The maximum Gasteiger partial charge on any atom is 0.147 e. The van der Waals surface area contributed by atoms with Gasteiger partial charge >= 0.3 is 0 Å². The van der Waals surface area contributed by atoms with Gasteiger partial charge in [-0.3, -0.25) is 0 Å². The van der Waals surface area contributed by atoms with Crippen molar-refractivity contribution in [3.05, 3.63) is 22.8 Å². The average Bonchev–Trinajstić information content (AvgIpc) is 3.19. The minimum absolute atomic E-state index is 0.469. The zero-order chi connectivity index (χ0) is 14.0. The van der Waals surface area contributed by atoms with E-state index in [-0.39, 0.29) is 0 Å². The fraction of sp³-hybridized carbons (Fsp3) is 0.667. The summed E-state index contributed by atoms with van der Waals surface area (Å²) in [4.78, 5) is 6.75. The predicted molar refractivity (Wildman–Crippen MR) is 81.8 cm³/mol. The molecule has 0 aliphatic heterocycles. The smallest absolute Gasteiger partial charge is 0.147 e. The van der Waals surface area contributed by atoms with E-state index in [1.165, 1.54) is 12.8 Å². The van der Waals surface area contributed by atoms with Gasteiger partial charge < -0.3 is 10.2 Å². The van der Waals surface area contributed by atoms with Gasteiger partial charge in [0.25, 0.3) is 0 Å². The van der Waals surface area contributed by atoms with Gasteiger partial charge in [-0.05, 0) is 37.3 Å². The Morgan fingerprint density at radius 1 is 1.42 bits per heavy atom. The lowest BCUT2D eigenvalue weighted by molar-refractivity contribution is 0.586. The van der Waals surface area contributed by atoms with Crippen LogP contribution < -0.4 is 10.2 Å². The Hall–Kier alpha value is -0.800. The third-order valence-corrected chi connectivity index (χ3v) is 4.12. The first-order chi connectivity index (χ1) is 8.99. The molecular formula is C15H24ClN3. The SMILES string of the molecule is CC(C)NCc1cnc(N(C)C(C)C2CC2)c(Cl)c1. The van der Waals surface area contributed by atoms with Gasteiger partial charge in [-0.15, -0.1) is 0 Å². The molecule has 1 saturated carbocycles. The fourth-order valence-corrected chi connectivity index (χ4v) is 2.56. The summed E-state index contributed by atoms with van der Waals surface area (Å²) in [5.74, 6) is 1.71. The van der Waals surface area contributed by atoms with Crippen molar-refractivity contribution in [1.82, 2.24) is 10.3 Å². The average molecular weight is 282 g/mol. The van der Waals surface area contributed by atoms with Crippen LogP contribution in [-0.2, 0) is 6.54 Å². The first kappa shape index (κ1) is 14.6. The maximum absolute atomic E-state index is 6.38. The van der Waals surface area contributed by atoms with Gasteiger partial charge in [-0.2, -0.15) is 0 Å². The van der Waals surface area contributed by atoms with Crippen molar-refractivity contribution in [2.45, 2.75) is 52.2 Å². The van der Waals surface area contributed by atoms with Crippen LogP contribution in [0.25, 0.3) is 0 Å². The highest BCUT2D eigenvalue weighted by Crippen LogP contribution is 2.37. The molecular weight excluding hydrogens is 258 g/mol. The summed E-state index contributed by atoms with van der Waals surface area (Å²) in [5.41, 5.74) is 1.13. The van der Waals surface area contributed by atoms with E-state index in [1.807, 2.05) is 12.3 Å². The third-order valence-electron chi connectivity index (χ3n) is 3.84. The summed E-state index contributed by atoms with van der Waals surface area (Å²) in [5, 5.41) is 4.12. The molecule has 0 bridgehead atoms. The number of hydrogen-bond donors (Lipinski definition) is 1. The van der Waals surface area contributed by atoms with Gasteiger partial charge in [0.15, 0.2) is 0 Å². The zero-order valence-electron chi connectivity index (χ0n) is 12.3. The molecule has 1 aromatic heterocycles. The summed E-state index contributed by atoms with van der Waals surface area (Å²) in [6.07, 6.45) is 4.59. The molecule has 1 N–H and O–H groups in total. The number of pyridine rings is 1. The van der Waals surface area contributed by atoms with Crippen molar-refractivity contribution >= 4 is 17.4 Å². The van der Waals surface area contributed by atoms with Crippen LogP contribution in [0.4, 0.5) is 5.82 Å². The standard InChI is InChI=1S/C15H24ClN3/c1-10(2)17-8-12-7-14(16)15(18-9-12)19(4)11(3)13-5-6-13/h7,9-11,13,17H,5-6,8H2,1-4H3. The summed E-state index contributed by atoms with van der Waals surface area (Å²) in [7, 11) is 2.09. The molecule has 1 fully saturated rings. The quantitative estimate of drug-likeness (QED) is 0.865. The van der Waals surface area contributed by atoms with Crippen LogP contribution in [-0.4, -0.2) is 24.1 Å². The van der Waals surface area contributed by atoms with E-state index in [2.05, 4.69) is 43.0 Å². The van der Waals surface area contributed by atoms with Gasteiger partial charge in [0.2, 0.25) is 0 Å². The first-order valence-electron chi connectivity index (χ1n) is 7.09. The van der Waals surface area contributed by atoms with Crippen LogP contribution >= 0.6 is 11.6 Å². The molecule has 1 aliphatic rings. The number of hydrogen-bond acceptors (Lipinski definition) is 3. The topological polar surface area (TPSA) is 28.2 Å². The second kappa shape index (κ2) is 6.10. The largest absolute Gasteiger partial charge is 0.355 e. The molecule has 106 valence electrons. The number of aromatic nitrogens is 1. The van der Waals surface area contributed by atoms with Crippen LogP contribution in [0.3, 0.4) is 0 Å². The van der Waals surface area contributed by atoms with Crippen molar-refractivity contribution in [3.63, 3.8) is 0 Å². The second-order valence-corrected chi connectivity index (χ2v) is 6.28. The minimum atomic E-state index is 0.469. The second-order valence-electron chi connectivity index (χ2n) is 5.87. The monoisotopic (exact) mass is 281 g/mol. The fourth-order valence-electron chi connectivity index (χ4n) is 2.24. The van der Waals surface area contributed by atoms with Crippen LogP contribution in [0.5, 0.6) is 0 Å². The summed E-state index contributed by atoms with van der Waals surface area (Å²) >= 11 is 6.38. The minimum Gasteiger partial charge on any atom is -0.355 e. The Morgan fingerprint density at radius 3 is 2.63 bits per heavy atom. The molecule has 1 heterocycles. The number of anilines is 1. The lowest BCUT2D eigenvalue weighted by Crippen LogP contribution is -2.31. The number of rotatable bonds is 6. The molecule has 3 nitrogen and oxygen atoms in total. The molecule has 1 atom stereocenters. The number of nitrogens with zero attached hydrogens (tertiary/aromatic N) is 2. The molecule has 2 rings (SSSR count). The maximum atomic E-state index is 6.38. The Morgan fingerprint density at radius 2 is 2.11 bits per heavy atom. The Balaban J connectivity index is 2.05. The van der Waals surface area contributed by atoms with Crippen LogP contribution in [0.2, 0.25) is 5.02 Å². The highest BCUT2D eigenvalue weighted by Gasteiger charge is 2.31. The molecule has 0 aromatic carbocycles. The Labute approximate surface area is 121 Å². The Kier molecular flexibility index (Phi) is 4.69.